The van der Waals surface area contributed by atoms with Gasteiger partial charge in [-0.25, -0.2) is 9.67 Å². The number of nitrogens with zero attached hydrogens (tertiary/aromatic N) is 4. The summed E-state index contributed by atoms with van der Waals surface area (Å²) in [4.78, 5) is 18.6. The average Bonchev–Trinajstić information content (AvgIpc) is 3.22. The minimum atomic E-state index is 0.0486. The molecule has 1 fully saturated rings. The first-order valence-corrected chi connectivity index (χ1v) is 9.47. The molecule has 0 bridgehead atoms. The Morgan fingerprint density at radius 3 is 2.58 bits per heavy atom. The summed E-state index contributed by atoms with van der Waals surface area (Å²) in [6.07, 6.45) is 6.18. The lowest BCUT2D eigenvalue weighted by atomic mass is 9.84. The molecule has 2 heterocycles. The summed E-state index contributed by atoms with van der Waals surface area (Å²) in [5.41, 5.74) is 2.09. The van der Waals surface area contributed by atoms with Crippen molar-refractivity contribution in [2.45, 2.75) is 39.2 Å². The molecule has 1 saturated heterocycles. The van der Waals surface area contributed by atoms with E-state index < -0.39 is 0 Å². The molecule has 2 atom stereocenters. The molecular formula is C20H29N5O. The van der Waals surface area contributed by atoms with Crippen molar-refractivity contribution < 1.29 is 4.79 Å². The number of carbonyl (C=O) groups excluding carboxylic acids is 1. The topological polar surface area (TPSA) is 63.1 Å². The van der Waals surface area contributed by atoms with Crippen LogP contribution in [0.3, 0.4) is 0 Å². The highest BCUT2D eigenvalue weighted by atomic mass is 16.2. The predicted octanol–water partition coefficient (Wildman–Crippen LogP) is 2.81. The van der Waals surface area contributed by atoms with E-state index in [1.165, 1.54) is 19.2 Å². The number of piperidine rings is 1. The molecule has 2 aromatic rings. The summed E-state index contributed by atoms with van der Waals surface area (Å²) < 4.78 is 1.73. The molecule has 0 radical (unpaired) electrons. The van der Waals surface area contributed by atoms with Crippen LogP contribution < -0.4 is 5.32 Å². The predicted molar refractivity (Wildman–Crippen MR) is 102 cm³/mol. The van der Waals surface area contributed by atoms with Gasteiger partial charge in [-0.3, -0.25) is 4.79 Å². The van der Waals surface area contributed by atoms with Crippen LogP contribution in [0.2, 0.25) is 0 Å². The molecule has 1 N–H and O–H groups in total. The van der Waals surface area contributed by atoms with Gasteiger partial charge in [-0.15, -0.1) is 0 Å². The van der Waals surface area contributed by atoms with Gasteiger partial charge >= 0.3 is 0 Å². The van der Waals surface area contributed by atoms with Gasteiger partial charge in [0.1, 0.15) is 12.7 Å². The van der Waals surface area contributed by atoms with Gasteiger partial charge in [-0.1, -0.05) is 19.1 Å². The SMILES string of the molecule is CC(CC(=O)N(C)C(C)c1ccc(-n2cncn2)cc1)C1CCNCC1. The summed E-state index contributed by atoms with van der Waals surface area (Å²) in [5, 5.41) is 7.53. The Hall–Kier alpha value is -2.21. The van der Waals surface area contributed by atoms with E-state index in [4.69, 9.17) is 0 Å². The first-order valence-electron chi connectivity index (χ1n) is 9.47. The zero-order valence-electron chi connectivity index (χ0n) is 15.9. The van der Waals surface area contributed by atoms with E-state index in [2.05, 4.69) is 41.4 Å². The van der Waals surface area contributed by atoms with Crippen LogP contribution in [0.4, 0.5) is 0 Å². The van der Waals surface area contributed by atoms with E-state index in [1.54, 1.807) is 11.0 Å². The fourth-order valence-electron chi connectivity index (χ4n) is 3.69. The molecule has 26 heavy (non-hydrogen) atoms. The molecule has 0 spiro atoms. The molecule has 3 rings (SSSR count). The van der Waals surface area contributed by atoms with Gasteiger partial charge in [0.25, 0.3) is 0 Å². The Balaban J connectivity index is 1.59. The fraction of sp³-hybridized carbons (Fsp3) is 0.550. The number of benzene rings is 1. The third-order valence-electron chi connectivity index (χ3n) is 5.72. The van der Waals surface area contributed by atoms with Gasteiger partial charge in [-0.05, 0) is 62.4 Å². The average molecular weight is 355 g/mol. The van der Waals surface area contributed by atoms with E-state index in [9.17, 15) is 4.79 Å². The molecule has 2 unspecified atom stereocenters. The van der Waals surface area contributed by atoms with Crippen LogP contribution in [0, 0.1) is 11.8 Å². The highest BCUT2D eigenvalue weighted by molar-refractivity contribution is 5.76. The smallest absolute Gasteiger partial charge is 0.223 e. The van der Waals surface area contributed by atoms with Gasteiger partial charge < -0.3 is 10.2 Å². The van der Waals surface area contributed by atoms with Gasteiger partial charge in [0.2, 0.25) is 5.91 Å². The van der Waals surface area contributed by atoms with Crippen molar-refractivity contribution in [1.29, 1.82) is 0 Å². The van der Waals surface area contributed by atoms with Crippen LogP contribution in [-0.2, 0) is 4.79 Å². The summed E-state index contributed by atoms with van der Waals surface area (Å²) in [6.45, 7) is 6.46. The summed E-state index contributed by atoms with van der Waals surface area (Å²) in [7, 11) is 1.91. The van der Waals surface area contributed by atoms with Gasteiger partial charge in [0.05, 0.1) is 11.7 Å². The molecular weight excluding hydrogens is 326 g/mol. The summed E-state index contributed by atoms with van der Waals surface area (Å²) in [5.74, 6) is 1.32. The monoisotopic (exact) mass is 355 g/mol. The maximum Gasteiger partial charge on any atom is 0.223 e. The molecule has 1 amide bonds. The largest absolute Gasteiger partial charge is 0.339 e. The number of carbonyl (C=O) groups is 1. The van der Waals surface area contributed by atoms with E-state index in [1.807, 2.05) is 24.1 Å². The lowest BCUT2D eigenvalue weighted by molar-refractivity contribution is -0.133. The lowest BCUT2D eigenvalue weighted by Gasteiger charge is -2.31. The van der Waals surface area contributed by atoms with Crippen molar-refractivity contribution in [1.82, 2.24) is 25.0 Å². The Morgan fingerprint density at radius 1 is 1.27 bits per heavy atom. The van der Waals surface area contributed by atoms with E-state index >= 15 is 0 Å². The maximum absolute atomic E-state index is 12.8. The van der Waals surface area contributed by atoms with Crippen molar-refractivity contribution in [3.63, 3.8) is 0 Å². The third-order valence-corrected chi connectivity index (χ3v) is 5.72. The van der Waals surface area contributed by atoms with Crippen molar-refractivity contribution in [3.8, 4) is 5.69 Å². The van der Waals surface area contributed by atoms with Gasteiger partial charge in [-0.2, -0.15) is 5.10 Å². The number of hydrogen-bond donors (Lipinski definition) is 1. The van der Waals surface area contributed by atoms with Crippen molar-refractivity contribution in [2.24, 2.45) is 11.8 Å². The van der Waals surface area contributed by atoms with Crippen LogP contribution in [0.5, 0.6) is 0 Å². The third kappa shape index (κ3) is 4.30. The second kappa shape index (κ2) is 8.45. The number of hydrogen-bond acceptors (Lipinski definition) is 4. The van der Waals surface area contributed by atoms with Crippen LogP contribution in [0.25, 0.3) is 5.69 Å². The summed E-state index contributed by atoms with van der Waals surface area (Å²) >= 11 is 0. The minimum absolute atomic E-state index is 0.0486. The standard InChI is InChI=1S/C20H29N5O/c1-15(17-8-10-21-11-9-17)12-20(26)24(3)16(2)18-4-6-19(7-5-18)25-14-22-13-23-25/h4-7,13-17,21H,8-12H2,1-3H3. The minimum Gasteiger partial charge on any atom is -0.339 e. The molecule has 0 saturated carbocycles. The first kappa shape index (κ1) is 18.6. The first-order chi connectivity index (χ1) is 12.6. The molecule has 0 aliphatic carbocycles. The van der Waals surface area contributed by atoms with E-state index in [0.29, 0.717) is 18.3 Å². The van der Waals surface area contributed by atoms with Crippen molar-refractivity contribution in [3.05, 3.63) is 42.5 Å². The van der Waals surface area contributed by atoms with Crippen LogP contribution >= 0.6 is 0 Å². The molecule has 1 aliphatic heterocycles. The summed E-state index contributed by atoms with van der Waals surface area (Å²) in [6, 6.07) is 8.18. The molecule has 1 aliphatic rings. The van der Waals surface area contributed by atoms with Crippen molar-refractivity contribution in [2.75, 3.05) is 20.1 Å². The van der Waals surface area contributed by atoms with Crippen LogP contribution in [-0.4, -0.2) is 45.7 Å². The zero-order valence-corrected chi connectivity index (χ0v) is 15.9. The molecule has 6 nitrogen and oxygen atoms in total. The Morgan fingerprint density at radius 2 is 1.96 bits per heavy atom. The molecule has 140 valence electrons. The lowest BCUT2D eigenvalue weighted by Crippen LogP contribution is -2.35. The van der Waals surface area contributed by atoms with Crippen LogP contribution in [0.1, 0.15) is 44.7 Å². The van der Waals surface area contributed by atoms with Gasteiger partial charge in [0.15, 0.2) is 0 Å². The van der Waals surface area contributed by atoms with E-state index in [0.717, 1.165) is 24.3 Å². The second-order valence-corrected chi connectivity index (χ2v) is 7.38. The van der Waals surface area contributed by atoms with Gasteiger partial charge in [0, 0.05) is 13.5 Å². The number of aromatic nitrogens is 3. The van der Waals surface area contributed by atoms with Crippen LogP contribution in [0.15, 0.2) is 36.9 Å². The zero-order chi connectivity index (χ0) is 18.5. The molecule has 1 aromatic carbocycles. The molecule has 6 heteroatoms. The molecule has 1 aromatic heterocycles. The van der Waals surface area contributed by atoms with E-state index in [-0.39, 0.29) is 11.9 Å². The Bertz CT molecular complexity index is 692. The number of nitrogens with one attached hydrogen (secondary N) is 1. The Labute approximate surface area is 155 Å². The maximum atomic E-state index is 12.8. The second-order valence-electron chi connectivity index (χ2n) is 7.38. The Kier molecular flexibility index (Phi) is 6.04. The normalized spacial score (nSPS) is 17.7. The number of amides is 1. The highest BCUT2D eigenvalue weighted by Gasteiger charge is 2.25. The number of rotatable bonds is 6. The van der Waals surface area contributed by atoms with Crippen molar-refractivity contribution >= 4 is 5.91 Å². The quantitative estimate of drug-likeness (QED) is 0.865. The fourth-order valence-corrected chi connectivity index (χ4v) is 3.69. The highest BCUT2D eigenvalue weighted by Crippen LogP contribution is 2.27.